The topological polar surface area (TPSA) is 69.8 Å². The van der Waals surface area contributed by atoms with Crippen LogP contribution in [-0.4, -0.2) is 34.7 Å². The summed E-state index contributed by atoms with van der Waals surface area (Å²) in [6.45, 7) is 13.0. The second-order valence-electron chi connectivity index (χ2n) is 7.12. The summed E-state index contributed by atoms with van der Waals surface area (Å²) >= 11 is 0. The summed E-state index contributed by atoms with van der Waals surface area (Å²) in [7, 11) is 3.74. The molecule has 0 fully saturated rings. The lowest BCUT2D eigenvalue weighted by Crippen LogP contribution is -2.32. The molecule has 0 saturated carbocycles. The second kappa shape index (κ2) is 11.2. The van der Waals surface area contributed by atoms with Crippen molar-refractivity contribution >= 4 is 11.4 Å². The van der Waals surface area contributed by atoms with Crippen LogP contribution in [0, 0.1) is 0 Å². The van der Waals surface area contributed by atoms with E-state index < -0.39 is 0 Å². The van der Waals surface area contributed by atoms with Gasteiger partial charge >= 0.3 is 0 Å². The number of nitrogens with two attached hydrogens (primary N) is 1. The van der Waals surface area contributed by atoms with Crippen molar-refractivity contribution in [1.82, 2.24) is 20.2 Å². The molecular weight excluding hydrogens is 372 g/mol. The van der Waals surface area contributed by atoms with Crippen LogP contribution in [0.3, 0.4) is 0 Å². The number of amidine groups is 1. The normalized spacial score (nSPS) is 15.6. The van der Waals surface area contributed by atoms with Crippen molar-refractivity contribution in [3.8, 4) is 0 Å². The van der Waals surface area contributed by atoms with Gasteiger partial charge in [0.15, 0.2) is 0 Å². The van der Waals surface area contributed by atoms with Crippen LogP contribution in [0.5, 0.6) is 0 Å². The number of allylic oxidation sites excluding steroid dienone is 4. The molecule has 0 spiro atoms. The van der Waals surface area contributed by atoms with Gasteiger partial charge in [0, 0.05) is 43.3 Å². The van der Waals surface area contributed by atoms with E-state index in [9.17, 15) is 0 Å². The second-order valence-corrected chi connectivity index (χ2v) is 7.12. The Bertz CT molecular complexity index is 873. The van der Waals surface area contributed by atoms with E-state index in [1.54, 1.807) is 13.1 Å². The Morgan fingerprint density at radius 3 is 2.67 bits per heavy atom. The predicted molar refractivity (Wildman–Crippen MR) is 127 cm³/mol. The van der Waals surface area contributed by atoms with E-state index in [1.165, 1.54) is 18.5 Å². The van der Waals surface area contributed by atoms with Gasteiger partial charge in [-0.15, -0.1) is 0 Å². The van der Waals surface area contributed by atoms with Crippen LogP contribution in [0.1, 0.15) is 44.4 Å². The lowest BCUT2D eigenvalue weighted by Gasteiger charge is -2.25. The van der Waals surface area contributed by atoms with Crippen LogP contribution < -0.4 is 11.3 Å². The monoisotopic (exact) mass is 406 g/mol. The lowest BCUT2D eigenvalue weighted by molar-refractivity contribution is 0.360. The van der Waals surface area contributed by atoms with Crippen molar-refractivity contribution in [3.05, 3.63) is 84.3 Å². The number of pyridine rings is 1. The molecule has 1 aliphatic heterocycles. The smallest absolute Gasteiger partial charge is 0.142 e. The van der Waals surface area contributed by atoms with Crippen molar-refractivity contribution in [2.75, 3.05) is 14.1 Å². The van der Waals surface area contributed by atoms with Gasteiger partial charge in [-0.1, -0.05) is 50.8 Å². The van der Waals surface area contributed by atoms with Gasteiger partial charge in [-0.3, -0.25) is 9.98 Å². The number of nitrogens with zero attached hydrogens (tertiary/aromatic N) is 4. The zero-order valence-electron chi connectivity index (χ0n) is 18.7. The quantitative estimate of drug-likeness (QED) is 0.210. The summed E-state index contributed by atoms with van der Waals surface area (Å²) in [6, 6.07) is 4.13. The zero-order valence-corrected chi connectivity index (χ0v) is 18.7. The molecule has 6 nitrogen and oxygen atoms in total. The molecule has 0 saturated heterocycles. The van der Waals surface area contributed by atoms with Crippen LogP contribution >= 0.6 is 0 Å². The Morgan fingerprint density at radius 1 is 1.37 bits per heavy atom. The molecule has 3 N–H and O–H groups in total. The van der Waals surface area contributed by atoms with E-state index in [0.717, 1.165) is 41.2 Å². The van der Waals surface area contributed by atoms with Crippen LogP contribution in [0.15, 0.2) is 78.0 Å². The van der Waals surface area contributed by atoms with Crippen molar-refractivity contribution in [1.29, 1.82) is 0 Å². The maximum absolute atomic E-state index is 5.64. The number of hydrogen-bond acceptors (Lipinski definition) is 5. The molecule has 1 aromatic heterocycles. The Labute approximate surface area is 180 Å². The Balaban J connectivity index is 2.26. The first kappa shape index (κ1) is 23.2. The number of aromatic nitrogens is 1. The van der Waals surface area contributed by atoms with Gasteiger partial charge in [-0.25, -0.2) is 5.84 Å². The molecule has 0 aromatic carbocycles. The standard InChI is InChI=1S/C24H34N6/c1-7-10-12-20-17-29(6)18(4)30(20)16-19-13-14-23(27-15-19)22(11-8-2)21(9-3)24(26-5)28-25/h8-9,11,13-15,17H,2,4,7,10,12,16,25H2,1,3,5-6H3,(H,26,28)/b21-9+,22-11+. The average Bonchev–Trinajstić information content (AvgIpc) is 3.03. The SMILES string of the molecule is C=C/C=C(\C(=C/C)C(=NC)NN)c1ccc(CN2C(=C)N(C)C=C2CCCC)cn1. The molecule has 0 atom stereocenters. The van der Waals surface area contributed by atoms with Gasteiger partial charge in [0.2, 0.25) is 0 Å². The van der Waals surface area contributed by atoms with E-state index in [0.29, 0.717) is 5.84 Å². The first-order valence-corrected chi connectivity index (χ1v) is 10.3. The van der Waals surface area contributed by atoms with Crippen LogP contribution in [0.25, 0.3) is 5.57 Å². The summed E-state index contributed by atoms with van der Waals surface area (Å²) in [5.74, 6) is 7.23. The highest BCUT2D eigenvalue weighted by molar-refractivity contribution is 6.11. The molecule has 0 aliphatic carbocycles. The zero-order chi connectivity index (χ0) is 22.1. The molecule has 0 radical (unpaired) electrons. The van der Waals surface area contributed by atoms with Gasteiger partial charge in [0.25, 0.3) is 0 Å². The van der Waals surface area contributed by atoms with Crippen molar-refractivity contribution in [2.45, 2.75) is 39.7 Å². The fourth-order valence-corrected chi connectivity index (χ4v) is 3.45. The maximum Gasteiger partial charge on any atom is 0.142 e. The Morgan fingerprint density at radius 2 is 2.13 bits per heavy atom. The molecule has 2 heterocycles. The van der Waals surface area contributed by atoms with Crippen molar-refractivity contribution < 1.29 is 0 Å². The highest BCUT2D eigenvalue weighted by Crippen LogP contribution is 2.29. The highest BCUT2D eigenvalue weighted by Gasteiger charge is 2.23. The first-order valence-electron chi connectivity index (χ1n) is 10.3. The highest BCUT2D eigenvalue weighted by atomic mass is 15.4. The molecule has 1 aliphatic rings. The number of aliphatic imine (C=N–C) groups is 1. The summed E-state index contributed by atoms with van der Waals surface area (Å²) in [4.78, 5) is 13.3. The van der Waals surface area contributed by atoms with Crippen LogP contribution in [-0.2, 0) is 6.54 Å². The molecule has 0 amide bonds. The van der Waals surface area contributed by atoms with Gasteiger partial charge in [-0.05, 0) is 31.4 Å². The van der Waals surface area contributed by atoms with Gasteiger partial charge < -0.3 is 15.2 Å². The third-order valence-electron chi connectivity index (χ3n) is 5.11. The van der Waals surface area contributed by atoms with Crippen LogP contribution in [0.4, 0.5) is 0 Å². The molecule has 30 heavy (non-hydrogen) atoms. The number of rotatable bonds is 9. The van der Waals surface area contributed by atoms with Crippen molar-refractivity contribution in [3.63, 3.8) is 0 Å². The fraction of sp³-hybridized carbons (Fsp3) is 0.333. The first-order chi connectivity index (χ1) is 14.5. The minimum atomic E-state index is 0.596. The molecule has 0 bridgehead atoms. The largest absolute Gasteiger partial charge is 0.336 e. The van der Waals surface area contributed by atoms with Gasteiger partial charge in [-0.2, -0.15) is 0 Å². The summed E-state index contributed by atoms with van der Waals surface area (Å²) < 4.78 is 0. The van der Waals surface area contributed by atoms with Crippen molar-refractivity contribution in [2.24, 2.45) is 10.8 Å². The van der Waals surface area contributed by atoms with E-state index in [-0.39, 0.29) is 0 Å². The van der Waals surface area contributed by atoms with E-state index in [4.69, 9.17) is 10.8 Å². The molecule has 2 rings (SSSR count). The average molecular weight is 407 g/mol. The number of unbranched alkanes of at least 4 members (excludes halogenated alkanes) is 1. The van der Waals surface area contributed by atoms with Gasteiger partial charge in [0.1, 0.15) is 11.7 Å². The molecule has 6 heteroatoms. The summed E-state index contributed by atoms with van der Waals surface area (Å²) in [5, 5.41) is 0. The molecule has 160 valence electrons. The van der Waals surface area contributed by atoms with E-state index >= 15 is 0 Å². The Hall–Kier alpha value is -3.12. The van der Waals surface area contributed by atoms with Crippen LogP contribution in [0.2, 0.25) is 0 Å². The third kappa shape index (κ3) is 5.27. The summed E-state index contributed by atoms with van der Waals surface area (Å²) in [5.41, 5.74) is 7.70. The maximum atomic E-state index is 5.64. The minimum Gasteiger partial charge on any atom is -0.336 e. The Kier molecular flexibility index (Phi) is 8.62. The lowest BCUT2D eigenvalue weighted by atomic mass is 9.99. The number of nitrogens with one attached hydrogen (secondary N) is 1. The third-order valence-corrected chi connectivity index (χ3v) is 5.11. The van der Waals surface area contributed by atoms with E-state index in [1.807, 2.05) is 38.4 Å². The molecule has 1 aromatic rings. The van der Waals surface area contributed by atoms with E-state index in [2.05, 4.69) is 52.6 Å². The number of hydrogen-bond donors (Lipinski definition) is 2. The number of hydrazine groups is 1. The fourth-order valence-electron chi connectivity index (χ4n) is 3.45. The predicted octanol–water partition coefficient (Wildman–Crippen LogP) is 4.34. The minimum absolute atomic E-state index is 0.596. The summed E-state index contributed by atoms with van der Waals surface area (Å²) in [6.07, 6.45) is 13.1. The molecule has 0 unspecified atom stereocenters. The molecular formula is C24H34N6. The van der Waals surface area contributed by atoms with Gasteiger partial charge in [0.05, 0.1) is 12.2 Å².